The number of benzene rings is 1. The first kappa shape index (κ1) is 25.2. The van der Waals surface area contributed by atoms with E-state index >= 15 is 0 Å². The van der Waals surface area contributed by atoms with Crippen LogP contribution in [0.3, 0.4) is 0 Å². The van der Waals surface area contributed by atoms with Crippen LogP contribution in [0.25, 0.3) is 0 Å². The molecule has 1 aliphatic carbocycles. The van der Waals surface area contributed by atoms with Crippen molar-refractivity contribution in [2.24, 2.45) is 0 Å². The number of allylic oxidation sites excluding steroid dienone is 3. The zero-order valence-corrected chi connectivity index (χ0v) is 20.4. The summed E-state index contributed by atoms with van der Waals surface area (Å²) in [7, 11) is 1.27. The van der Waals surface area contributed by atoms with Crippen LogP contribution in [0.4, 0.5) is 5.69 Å². The van der Waals surface area contributed by atoms with Gasteiger partial charge in [0.25, 0.3) is 5.91 Å². The molecule has 1 heterocycles. The number of ether oxygens (including phenoxy) is 2. The maximum atomic E-state index is 12.5. The summed E-state index contributed by atoms with van der Waals surface area (Å²) in [4.78, 5) is 41.4. The van der Waals surface area contributed by atoms with E-state index in [1.807, 2.05) is 19.1 Å². The first-order chi connectivity index (χ1) is 16.4. The summed E-state index contributed by atoms with van der Waals surface area (Å²) in [6.07, 6.45) is 4.55. The maximum absolute atomic E-state index is 12.5. The van der Waals surface area contributed by atoms with E-state index in [0.29, 0.717) is 26.2 Å². The fourth-order valence-corrected chi connectivity index (χ4v) is 4.49. The average Bonchev–Trinajstić information content (AvgIpc) is 2.84. The molecule has 0 aromatic heterocycles. The van der Waals surface area contributed by atoms with E-state index in [9.17, 15) is 14.4 Å². The summed E-state index contributed by atoms with van der Waals surface area (Å²) >= 11 is 1.67. The van der Waals surface area contributed by atoms with Crippen LogP contribution in [0.1, 0.15) is 20.3 Å². The Kier molecular flexibility index (Phi) is 9.00. The van der Waals surface area contributed by atoms with Crippen molar-refractivity contribution in [1.82, 2.24) is 4.90 Å². The number of hydrogen-bond acceptors (Lipinski definition) is 7. The number of para-hydroxylation sites is 1. The Labute approximate surface area is 204 Å². The zero-order valence-electron chi connectivity index (χ0n) is 19.6. The van der Waals surface area contributed by atoms with E-state index in [1.54, 1.807) is 16.7 Å². The molecule has 0 atom stereocenters. The molecule has 0 radical (unpaired) electrons. The van der Waals surface area contributed by atoms with Crippen LogP contribution in [0.2, 0.25) is 0 Å². The number of methoxy groups -OCH3 is 1. The lowest BCUT2D eigenvalue weighted by Crippen LogP contribution is -2.50. The maximum Gasteiger partial charge on any atom is 0.330 e. The molecule has 7 nitrogen and oxygen atoms in total. The molecular weight excluding hydrogens is 452 g/mol. The van der Waals surface area contributed by atoms with E-state index in [1.165, 1.54) is 18.8 Å². The molecule has 0 saturated carbocycles. The fourth-order valence-electron chi connectivity index (χ4n) is 3.50. The number of thioether (sulfide) groups is 1. The molecule has 178 valence electrons. The Hall–Kier alpha value is -3.44. The smallest absolute Gasteiger partial charge is 0.330 e. The number of hydrogen-bond donors (Lipinski definition) is 0. The third-order valence-electron chi connectivity index (χ3n) is 5.32. The highest BCUT2D eigenvalue weighted by atomic mass is 32.2. The molecule has 0 N–H and O–H groups in total. The van der Waals surface area contributed by atoms with Crippen LogP contribution in [-0.2, 0) is 23.9 Å². The van der Waals surface area contributed by atoms with E-state index in [2.05, 4.69) is 46.2 Å². The summed E-state index contributed by atoms with van der Waals surface area (Å²) in [5.74, 6) is -1.36. The van der Waals surface area contributed by atoms with Crippen LogP contribution >= 0.6 is 11.8 Å². The van der Waals surface area contributed by atoms with Crippen molar-refractivity contribution in [3.63, 3.8) is 0 Å². The summed E-state index contributed by atoms with van der Waals surface area (Å²) < 4.78 is 9.48. The van der Waals surface area contributed by atoms with Crippen molar-refractivity contribution in [2.45, 2.75) is 25.2 Å². The van der Waals surface area contributed by atoms with Crippen molar-refractivity contribution in [2.75, 3.05) is 44.8 Å². The number of piperazine rings is 1. The quantitative estimate of drug-likeness (QED) is 0.319. The van der Waals surface area contributed by atoms with Crippen LogP contribution in [0.5, 0.6) is 0 Å². The Morgan fingerprint density at radius 2 is 1.82 bits per heavy atom. The molecule has 8 heteroatoms. The lowest BCUT2D eigenvalue weighted by Gasteiger charge is -2.36. The molecule has 2 aliphatic rings. The van der Waals surface area contributed by atoms with Gasteiger partial charge in [0, 0.05) is 37.2 Å². The van der Waals surface area contributed by atoms with Gasteiger partial charge in [-0.2, -0.15) is 0 Å². The molecule has 34 heavy (non-hydrogen) atoms. The minimum atomic E-state index is -0.665. The van der Waals surface area contributed by atoms with Crippen LogP contribution in [-0.4, -0.2) is 62.6 Å². The molecule has 0 unspecified atom stereocenters. The normalized spacial score (nSPS) is 15.6. The SMILES string of the molecule is COC(=O)C/C=C/C(=O)OCC(=O)N1CCN(c2ccccc2SC2=C=C=C(C)C=C2C)CC1. The van der Waals surface area contributed by atoms with Crippen molar-refractivity contribution in [3.8, 4) is 0 Å². The highest BCUT2D eigenvalue weighted by molar-refractivity contribution is 8.03. The second-order valence-corrected chi connectivity index (χ2v) is 8.87. The zero-order chi connectivity index (χ0) is 24.5. The van der Waals surface area contributed by atoms with Gasteiger partial charge >= 0.3 is 11.9 Å². The number of nitrogens with zero attached hydrogens (tertiary/aromatic N) is 2. The largest absolute Gasteiger partial charge is 0.469 e. The highest BCUT2D eigenvalue weighted by Gasteiger charge is 2.23. The fraction of sp³-hybridized carbons (Fsp3) is 0.346. The molecule has 1 saturated heterocycles. The average molecular weight is 481 g/mol. The molecule has 1 aliphatic heterocycles. The second-order valence-electron chi connectivity index (χ2n) is 7.82. The number of carbonyl (C=O) groups is 3. The van der Waals surface area contributed by atoms with Crippen molar-refractivity contribution >= 4 is 35.3 Å². The van der Waals surface area contributed by atoms with Gasteiger partial charge in [-0.25, -0.2) is 4.79 Å². The van der Waals surface area contributed by atoms with Gasteiger partial charge < -0.3 is 19.3 Å². The van der Waals surface area contributed by atoms with Gasteiger partial charge in [-0.05, 0) is 43.2 Å². The molecule has 1 amide bonds. The van der Waals surface area contributed by atoms with Crippen LogP contribution < -0.4 is 4.90 Å². The summed E-state index contributed by atoms with van der Waals surface area (Å²) in [5.41, 5.74) is 9.76. The lowest BCUT2D eigenvalue weighted by molar-refractivity contribution is -0.148. The monoisotopic (exact) mass is 480 g/mol. The Morgan fingerprint density at radius 1 is 1.09 bits per heavy atom. The third-order valence-corrected chi connectivity index (χ3v) is 6.51. The molecule has 1 fully saturated rings. The standard InChI is InChI=1S/C26H28N2O5S/c1-19-11-12-22(20(2)17-19)34-23-8-5-4-7-21(23)27-13-15-28(16-14-27)24(29)18-33-26(31)10-6-9-25(30)32-3/h4-8,10,17H,9,13-16,18H2,1-3H3/b10-6+. The van der Waals surface area contributed by atoms with Crippen molar-refractivity contribution in [1.29, 1.82) is 0 Å². The minimum absolute atomic E-state index is 0.0268. The Morgan fingerprint density at radius 3 is 2.53 bits per heavy atom. The lowest BCUT2D eigenvalue weighted by atomic mass is 10.1. The minimum Gasteiger partial charge on any atom is -0.469 e. The Balaban J connectivity index is 1.53. The number of anilines is 1. The van der Waals surface area contributed by atoms with Crippen LogP contribution in [0, 0.1) is 0 Å². The van der Waals surface area contributed by atoms with Gasteiger partial charge in [0.05, 0.1) is 24.1 Å². The van der Waals surface area contributed by atoms with Crippen molar-refractivity contribution in [3.05, 3.63) is 70.0 Å². The van der Waals surface area contributed by atoms with Gasteiger partial charge in [-0.1, -0.05) is 41.4 Å². The molecule has 0 spiro atoms. The summed E-state index contributed by atoms with van der Waals surface area (Å²) in [5, 5.41) is 0. The molecular formula is C26H28N2O5S. The number of amides is 1. The summed E-state index contributed by atoms with van der Waals surface area (Å²) in [6, 6.07) is 8.22. The van der Waals surface area contributed by atoms with Crippen LogP contribution in [0.15, 0.2) is 74.9 Å². The number of carbonyl (C=O) groups excluding carboxylic acids is 3. The summed E-state index contributed by atoms with van der Waals surface area (Å²) in [6.45, 7) is 6.20. The third kappa shape index (κ3) is 7.03. The second kappa shape index (κ2) is 12.1. The predicted octanol–water partition coefficient (Wildman–Crippen LogP) is 3.63. The molecule has 1 aromatic rings. The predicted molar refractivity (Wildman–Crippen MR) is 131 cm³/mol. The first-order valence-electron chi connectivity index (χ1n) is 11.0. The molecule has 1 aromatic carbocycles. The van der Waals surface area contributed by atoms with E-state index < -0.39 is 11.9 Å². The van der Waals surface area contributed by atoms with Gasteiger partial charge in [0.15, 0.2) is 6.61 Å². The molecule has 0 bridgehead atoms. The van der Waals surface area contributed by atoms with E-state index in [-0.39, 0.29) is 18.9 Å². The first-order valence-corrected chi connectivity index (χ1v) is 11.8. The number of esters is 2. The molecule has 3 rings (SSSR count). The van der Waals surface area contributed by atoms with E-state index in [0.717, 1.165) is 27.1 Å². The highest BCUT2D eigenvalue weighted by Crippen LogP contribution is 2.38. The topological polar surface area (TPSA) is 76.2 Å². The Bertz CT molecular complexity index is 1120. The van der Waals surface area contributed by atoms with Gasteiger partial charge in [-0.3, -0.25) is 9.59 Å². The van der Waals surface area contributed by atoms with Gasteiger partial charge in [0.2, 0.25) is 0 Å². The van der Waals surface area contributed by atoms with E-state index in [4.69, 9.17) is 4.74 Å². The number of rotatable bonds is 8. The van der Waals surface area contributed by atoms with Crippen molar-refractivity contribution < 1.29 is 23.9 Å². The van der Waals surface area contributed by atoms with Gasteiger partial charge in [0.1, 0.15) is 0 Å². The van der Waals surface area contributed by atoms with Gasteiger partial charge in [-0.15, -0.1) is 0 Å².